The molecule has 196 valence electrons. The summed E-state index contributed by atoms with van der Waals surface area (Å²) in [7, 11) is 3.18. The van der Waals surface area contributed by atoms with Crippen LogP contribution in [-0.4, -0.2) is 38.2 Å². The van der Waals surface area contributed by atoms with Gasteiger partial charge in [0.25, 0.3) is 5.91 Å². The zero-order chi connectivity index (χ0) is 27.0. The second-order valence-electron chi connectivity index (χ2n) is 9.11. The summed E-state index contributed by atoms with van der Waals surface area (Å²) in [6.45, 7) is 4.56. The number of methoxy groups -OCH3 is 2. The number of nitrogens with zero attached hydrogens (tertiary/aromatic N) is 1. The van der Waals surface area contributed by atoms with Crippen molar-refractivity contribution in [3.05, 3.63) is 97.9 Å². The molecule has 3 aromatic carbocycles. The molecule has 0 fully saturated rings. The summed E-state index contributed by atoms with van der Waals surface area (Å²) in [5, 5.41) is 0.803. The summed E-state index contributed by atoms with van der Waals surface area (Å²) in [6.07, 6.45) is 0.576. The van der Waals surface area contributed by atoms with Crippen LogP contribution in [0.2, 0.25) is 5.02 Å². The van der Waals surface area contributed by atoms with Crippen molar-refractivity contribution >= 4 is 28.5 Å². The SMILES string of the molecule is CCOc1ccc(C2c3c(oc4cc(C)c(Cl)cc4c3=O)C(=O)N2CCc2ccc(OC)cc2)cc1OC. The molecule has 1 unspecified atom stereocenters. The van der Waals surface area contributed by atoms with Crippen LogP contribution in [0.3, 0.4) is 0 Å². The molecule has 0 bridgehead atoms. The number of hydrogen-bond acceptors (Lipinski definition) is 6. The summed E-state index contributed by atoms with van der Waals surface area (Å²) in [5.74, 6) is 1.58. The van der Waals surface area contributed by atoms with E-state index < -0.39 is 6.04 Å². The van der Waals surface area contributed by atoms with Crippen LogP contribution in [0.5, 0.6) is 17.2 Å². The Morgan fingerprint density at radius 2 is 1.74 bits per heavy atom. The fourth-order valence-electron chi connectivity index (χ4n) is 4.89. The molecule has 1 amide bonds. The maximum absolute atomic E-state index is 13.9. The van der Waals surface area contributed by atoms with Gasteiger partial charge >= 0.3 is 0 Å². The molecule has 4 aromatic rings. The molecule has 0 radical (unpaired) electrons. The highest BCUT2D eigenvalue weighted by atomic mass is 35.5. The second kappa shape index (κ2) is 10.4. The fourth-order valence-corrected chi connectivity index (χ4v) is 5.05. The highest BCUT2D eigenvalue weighted by molar-refractivity contribution is 6.32. The van der Waals surface area contributed by atoms with Gasteiger partial charge in [0.05, 0.1) is 37.8 Å². The lowest BCUT2D eigenvalue weighted by atomic mass is 9.97. The van der Waals surface area contributed by atoms with Crippen molar-refractivity contribution in [1.82, 2.24) is 4.90 Å². The molecular weight excluding hydrogens is 506 g/mol. The van der Waals surface area contributed by atoms with Gasteiger partial charge in [-0.05, 0) is 73.4 Å². The number of carbonyl (C=O) groups is 1. The van der Waals surface area contributed by atoms with Crippen molar-refractivity contribution in [2.24, 2.45) is 0 Å². The molecule has 7 nitrogen and oxygen atoms in total. The molecule has 8 heteroatoms. The van der Waals surface area contributed by atoms with E-state index >= 15 is 0 Å². The van der Waals surface area contributed by atoms with Crippen LogP contribution in [0.15, 0.2) is 63.8 Å². The Morgan fingerprint density at radius 1 is 0.974 bits per heavy atom. The Bertz CT molecular complexity index is 1580. The summed E-state index contributed by atoms with van der Waals surface area (Å²) in [4.78, 5) is 29.3. The number of amides is 1. The van der Waals surface area contributed by atoms with Crippen molar-refractivity contribution in [1.29, 1.82) is 0 Å². The third-order valence-electron chi connectivity index (χ3n) is 6.85. The van der Waals surface area contributed by atoms with Crippen LogP contribution in [0.4, 0.5) is 0 Å². The van der Waals surface area contributed by atoms with Gasteiger partial charge in [-0.2, -0.15) is 0 Å². The first-order valence-electron chi connectivity index (χ1n) is 12.4. The van der Waals surface area contributed by atoms with Gasteiger partial charge in [0.1, 0.15) is 11.3 Å². The zero-order valence-electron chi connectivity index (χ0n) is 21.7. The molecule has 0 aliphatic carbocycles. The zero-order valence-corrected chi connectivity index (χ0v) is 22.4. The Hall–Kier alpha value is -3.97. The lowest BCUT2D eigenvalue weighted by Gasteiger charge is -2.26. The Balaban J connectivity index is 1.63. The number of carbonyl (C=O) groups excluding carboxylic acids is 1. The Morgan fingerprint density at radius 3 is 2.42 bits per heavy atom. The number of aryl methyl sites for hydroxylation is 1. The molecule has 0 saturated heterocycles. The quantitative estimate of drug-likeness (QED) is 0.278. The first kappa shape index (κ1) is 25.7. The summed E-state index contributed by atoms with van der Waals surface area (Å²) >= 11 is 6.35. The molecule has 2 heterocycles. The third-order valence-corrected chi connectivity index (χ3v) is 7.26. The van der Waals surface area contributed by atoms with Crippen LogP contribution in [0, 0.1) is 6.92 Å². The van der Waals surface area contributed by atoms with E-state index in [9.17, 15) is 9.59 Å². The monoisotopic (exact) mass is 533 g/mol. The second-order valence-corrected chi connectivity index (χ2v) is 9.52. The van der Waals surface area contributed by atoms with Crippen molar-refractivity contribution < 1.29 is 23.4 Å². The molecule has 1 aromatic heterocycles. The van der Waals surface area contributed by atoms with E-state index in [0.717, 1.165) is 22.4 Å². The summed E-state index contributed by atoms with van der Waals surface area (Å²) in [6, 6.07) is 15.8. The van der Waals surface area contributed by atoms with Crippen molar-refractivity contribution in [2.45, 2.75) is 26.3 Å². The lowest BCUT2D eigenvalue weighted by Crippen LogP contribution is -2.31. The number of hydrogen-bond donors (Lipinski definition) is 0. The number of halogens is 1. The number of benzene rings is 3. The van der Waals surface area contributed by atoms with Gasteiger partial charge in [0.2, 0.25) is 5.76 Å². The maximum Gasteiger partial charge on any atom is 0.290 e. The molecule has 5 rings (SSSR count). The number of ether oxygens (including phenoxy) is 3. The van der Waals surface area contributed by atoms with Gasteiger partial charge in [-0.1, -0.05) is 29.8 Å². The molecule has 1 aliphatic heterocycles. The highest BCUT2D eigenvalue weighted by Gasteiger charge is 2.42. The molecular formula is C30H28ClNO6. The van der Waals surface area contributed by atoms with Gasteiger partial charge in [-0.15, -0.1) is 0 Å². The predicted molar refractivity (Wildman–Crippen MR) is 146 cm³/mol. The van der Waals surface area contributed by atoms with E-state index in [1.54, 1.807) is 37.3 Å². The van der Waals surface area contributed by atoms with E-state index in [1.807, 2.05) is 50.2 Å². The molecule has 1 atom stereocenters. The Kier molecular flexibility index (Phi) is 7.04. The third kappa shape index (κ3) is 4.47. The smallest absolute Gasteiger partial charge is 0.290 e. The van der Waals surface area contributed by atoms with E-state index in [2.05, 4.69) is 0 Å². The Labute approximate surface area is 225 Å². The molecule has 1 aliphatic rings. The topological polar surface area (TPSA) is 78.2 Å². The highest BCUT2D eigenvalue weighted by Crippen LogP contribution is 2.41. The van der Waals surface area contributed by atoms with Gasteiger partial charge in [0.15, 0.2) is 16.9 Å². The van der Waals surface area contributed by atoms with Crippen molar-refractivity contribution in [3.8, 4) is 17.2 Å². The van der Waals surface area contributed by atoms with Crippen LogP contribution < -0.4 is 19.6 Å². The van der Waals surface area contributed by atoms with Crippen LogP contribution in [0.25, 0.3) is 11.0 Å². The minimum absolute atomic E-state index is 0.0526. The molecule has 0 N–H and O–H groups in total. The molecule has 38 heavy (non-hydrogen) atoms. The van der Waals surface area contributed by atoms with E-state index in [0.29, 0.717) is 52.6 Å². The van der Waals surface area contributed by atoms with Crippen molar-refractivity contribution in [2.75, 3.05) is 27.4 Å². The van der Waals surface area contributed by atoms with Gasteiger partial charge in [-0.3, -0.25) is 9.59 Å². The minimum atomic E-state index is -0.666. The van der Waals surface area contributed by atoms with E-state index in [1.165, 1.54) is 0 Å². The average molecular weight is 534 g/mol. The van der Waals surface area contributed by atoms with Gasteiger partial charge < -0.3 is 23.5 Å². The van der Waals surface area contributed by atoms with Crippen LogP contribution in [-0.2, 0) is 6.42 Å². The summed E-state index contributed by atoms with van der Waals surface area (Å²) < 4.78 is 22.6. The van der Waals surface area contributed by atoms with Gasteiger partial charge in [0, 0.05) is 11.6 Å². The largest absolute Gasteiger partial charge is 0.497 e. The first-order chi connectivity index (χ1) is 18.4. The standard InChI is InChI=1S/C30H28ClNO6/c1-5-37-23-11-8-19(15-25(23)36-4)27-26-28(33)21-16-22(31)17(2)14-24(21)38-29(26)30(34)32(27)13-12-18-6-9-20(35-3)10-7-18/h6-11,14-16,27H,5,12-13H2,1-4H3. The molecule has 0 spiro atoms. The van der Waals surface area contributed by atoms with Gasteiger partial charge in [-0.25, -0.2) is 0 Å². The lowest BCUT2D eigenvalue weighted by molar-refractivity contribution is 0.0730. The molecule has 0 saturated carbocycles. The van der Waals surface area contributed by atoms with Crippen LogP contribution in [0.1, 0.15) is 45.8 Å². The minimum Gasteiger partial charge on any atom is -0.497 e. The number of rotatable bonds is 8. The predicted octanol–water partition coefficient (Wildman–Crippen LogP) is 5.96. The van der Waals surface area contributed by atoms with E-state index in [4.69, 9.17) is 30.2 Å². The van der Waals surface area contributed by atoms with Crippen LogP contribution >= 0.6 is 11.6 Å². The first-order valence-corrected chi connectivity index (χ1v) is 12.8. The van der Waals surface area contributed by atoms with E-state index in [-0.39, 0.29) is 17.1 Å². The van der Waals surface area contributed by atoms with Crippen molar-refractivity contribution in [3.63, 3.8) is 0 Å². The fraction of sp³-hybridized carbons (Fsp3) is 0.267. The normalized spacial score (nSPS) is 14.6. The average Bonchev–Trinajstić information content (AvgIpc) is 3.20. The maximum atomic E-state index is 13.9. The summed E-state index contributed by atoms with van der Waals surface area (Å²) in [5.41, 5.74) is 2.87. The number of fused-ring (bicyclic) bond motifs is 2.